The summed E-state index contributed by atoms with van der Waals surface area (Å²) >= 11 is 0. The van der Waals surface area contributed by atoms with Crippen LogP contribution in [0.4, 0.5) is 5.69 Å². The zero-order chi connectivity index (χ0) is 15.0. The van der Waals surface area contributed by atoms with E-state index < -0.39 is 0 Å². The van der Waals surface area contributed by atoms with Crippen LogP contribution in [0, 0.1) is 11.3 Å². The topological polar surface area (TPSA) is 62.3 Å². The molecule has 20 heavy (non-hydrogen) atoms. The van der Waals surface area contributed by atoms with Gasteiger partial charge in [0.05, 0.1) is 17.9 Å². The molecule has 0 saturated carbocycles. The van der Waals surface area contributed by atoms with Crippen LogP contribution in [-0.4, -0.2) is 26.3 Å². The van der Waals surface area contributed by atoms with Crippen LogP contribution >= 0.6 is 0 Å². The van der Waals surface area contributed by atoms with Gasteiger partial charge in [-0.3, -0.25) is 0 Å². The van der Waals surface area contributed by atoms with Gasteiger partial charge in [-0.05, 0) is 30.5 Å². The van der Waals surface area contributed by atoms with Crippen molar-refractivity contribution in [3.63, 3.8) is 0 Å². The standard InChI is InChI=1S/C16H25N3O/c1-4-15(5-2)19(8-9-20-3)16-7-6-13(11-17)10-14(16)12-18/h6-7,10,15H,4-5,8-9,11,17H2,1-3H3. The van der Waals surface area contributed by atoms with E-state index in [1.165, 1.54) is 0 Å². The van der Waals surface area contributed by atoms with Gasteiger partial charge in [-0.1, -0.05) is 19.9 Å². The predicted molar refractivity (Wildman–Crippen MR) is 82.6 cm³/mol. The Bertz CT molecular complexity index is 450. The molecule has 4 heteroatoms. The lowest BCUT2D eigenvalue weighted by Crippen LogP contribution is -2.37. The molecule has 2 N–H and O–H groups in total. The van der Waals surface area contributed by atoms with Gasteiger partial charge in [-0.2, -0.15) is 5.26 Å². The van der Waals surface area contributed by atoms with Gasteiger partial charge >= 0.3 is 0 Å². The first kappa shape index (κ1) is 16.5. The summed E-state index contributed by atoms with van der Waals surface area (Å²) in [5.41, 5.74) is 8.31. The molecule has 0 aromatic heterocycles. The van der Waals surface area contributed by atoms with Crippen LogP contribution < -0.4 is 10.6 Å². The Morgan fingerprint density at radius 3 is 2.55 bits per heavy atom. The van der Waals surface area contributed by atoms with Crippen molar-refractivity contribution >= 4 is 5.69 Å². The normalized spacial score (nSPS) is 10.6. The van der Waals surface area contributed by atoms with Gasteiger partial charge in [0.2, 0.25) is 0 Å². The summed E-state index contributed by atoms with van der Waals surface area (Å²) in [7, 11) is 1.70. The molecule has 0 radical (unpaired) electrons. The first-order valence-electron chi connectivity index (χ1n) is 7.20. The van der Waals surface area contributed by atoms with E-state index in [1.54, 1.807) is 7.11 Å². The van der Waals surface area contributed by atoms with Crippen LogP contribution in [0.25, 0.3) is 0 Å². The van der Waals surface area contributed by atoms with Gasteiger partial charge in [-0.15, -0.1) is 0 Å². The number of anilines is 1. The second kappa shape index (κ2) is 8.57. The van der Waals surface area contributed by atoms with E-state index in [9.17, 15) is 5.26 Å². The Morgan fingerprint density at radius 2 is 2.05 bits per heavy atom. The fraction of sp³-hybridized carbons (Fsp3) is 0.562. The van der Waals surface area contributed by atoms with Crippen LogP contribution in [0.15, 0.2) is 18.2 Å². The molecule has 1 aromatic rings. The smallest absolute Gasteiger partial charge is 0.101 e. The summed E-state index contributed by atoms with van der Waals surface area (Å²) in [5.74, 6) is 0. The van der Waals surface area contributed by atoms with Crippen LogP contribution in [0.1, 0.15) is 37.8 Å². The Kier molecular flexibility index (Phi) is 7.06. The second-order valence-corrected chi connectivity index (χ2v) is 4.82. The number of nitrogens with two attached hydrogens (primary N) is 1. The van der Waals surface area contributed by atoms with Gasteiger partial charge < -0.3 is 15.4 Å². The molecule has 0 aliphatic rings. The number of methoxy groups -OCH3 is 1. The van der Waals surface area contributed by atoms with E-state index >= 15 is 0 Å². The Hall–Kier alpha value is -1.57. The zero-order valence-electron chi connectivity index (χ0n) is 12.7. The average molecular weight is 275 g/mol. The second-order valence-electron chi connectivity index (χ2n) is 4.82. The summed E-state index contributed by atoms with van der Waals surface area (Å²) in [6.45, 7) is 6.25. The van der Waals surface area contributed by atoms with Gasteiger partial charge in [0.15, 0.2) is 0 Å². The van der Waals surface area contributed by atoms with Crippen LogP contribution in [0.3, 0.4) is 0 Å². The Morgan fingerprint density at radius 1 is 1.35 bits per heavy atom. The van der Waals surface area contributed by atoms with E-state index in [1.807, 2.05) is 18.2 Å². The quantitative estimate of drug-likeness (QED) is 0.792. The lowest BCUT2D eigenvalue weighted by atomic mass is 10.0. The van der Waals surface area contributed by atoms with Crippen LogP contribution in [-0.2, 0) is 11.3 Å². The molecular weight excluding hydrogens is 250 g/mol. The third kappa shape index (κ3) is 3.96. The number of rotatable bonds is 8. The van der Waals surface area contributed by atoms with Crippen molar-refractivity contribution in [2.45, 2.75) is 39.3 Å². The Balaban J connectivity index is 3.15. The number of nitrogens with zero attached hydrogens (tertiary/aromatic N) is 2. The monoisotopic (exact) mass is 275 g/mol. The van der Waals surface area contributed by atoms with Crippen LogP contribution in [0.2, 0.25) is 0 Å². The van der Waals surface area contributed by atoms with E-state index in [0.717, 1.165) is 30.6 Å². The molecule has 0 fully saturated rings. The molecule has 0 unspecified atom stereocenters. The largest absolute Gasteiger partial charge is 0.383 e. The van der Waals surface area contributed by atoms with Crippen molar-refractivity contribution < 1.29 is 4.74 Å². The van der Waals surface area contributed by atoms with Crippen molar-refractivity contribution in [3.8, 4) is 6.07 Å². The molecule has 0 spiro atoms. The molecule has 0 saturated heterocycles. The van der Waals surface area contributed by atoms with Gasteiger partial charge in [0, 0.05) is 26.2 Å². The minimum Gasteiger partial charge on any atom is -0.383 e. The molecule has 1 aromatic carbocycles. The van der Waals surface area contributed by atoms with Crippen molar-refractivity contribution in [2.75, 3.05) is 25.2 Å². The lowest BCUT2D eigenvalue weighted by molar-refractivity contribution is 0.202. The van der Waals surface area contributed by atoms with Crippen molar-refractivity contribution in [1.82, 2.24) is 0 Å². The van der Waals surface area contributed by atoms with Gasteiger partial charge in [0.25, 0.3) is 0 Å². The molecule has 0 atom stereocenters. The SMILES string of the molecule is CCC(CC)N(CCOC)c1ccc(CN)cc1C#N. The van der Waals surface area contributed by atoms with E-state index in [-0.39, 0.29) is 0 Å². The maximum Gasteiger partial charge on any atom is 0.101 e. The highest BCUT2D eigenvalue weighted by atomic mass is 16.5. The molecule has 0 amide bonds. The fourth-order valence-electron chi connectivity index (χ4n) is 2.47. The predicted octanol–water partition coefficient (Wildman–Crippen LogP) is 2.66. The van der Waals surface area contributed by atoms with Crippen molar-refractivity contribution in [1.29, 1.82) is 5.26 Å². The molecule has 110 valence electrons. The summed E-state index contributed by atoms with van der Waals surface area (Å²) in [6.07, 6.45) is 2.09. The third-order valence-corrected chi connectivity index (χ3v) is 3.65. The maximum absolute atomic E-state index is 9.39. The van der Waals surface area contributed by atoms with Crippen molar-refractivity contribution in [3.05, 3.63) is 29.3 Å². The third-order valence-electron chi connectivity index (χ3n) is 3.65. The number of hydrogen-bond acceptors (Lipinski definition) is 4. The molecule has 0 aliphatic heterocycles. The molecule has 0 bridgehead atoms. The van der Waals surface area contributed by atoms with E-state index in [2.05, 4.69) is 24.8 Å². The summed E-state index contributed by atoms with van der Waals surface area (Å²) < 4.78 is 5.21. The van der Waals surface area contributed by atoms with E-state index in [0.29, 0.717) is 24.8 Å². The number of hydrogen-bond donors (Lipinski definition) is 1. The summed E-state index contributed by atoms with van der Waals surface area (Å²) in [6, 6.07) is 8.60. The molecule has 1 rings (SSSR count). The van der Waals surface area contributed by atoms with E-state index in [4.69, 9.17) is 10.5 Å². The highest BCUT2D eigenvalue weighted by molar-refractivity contribution is 5.61. The minimum absolute atomic E-state index is 0.418. The average Bonchev–Trinajstić information content (AvgIpc) is 2.51. The fourth-order valence-corrected chi connectivity index (χ4v) is 2.47. The van der Waals surface area contributed by atoms with Gasteiger partial charge in [0.1, 0.15) is 6.07 Å². The number of benzene rings is 1. The summed E-state index contributed by atoms with van der Waals surface area (Å²) in [5, 5.41) is 9.39. The number of nitriles is 1. The van der Waals surface area contributed by atoms with Gasteiger partial charge in [-0.25, -0.2) is 0 Å². The molecule has 0 aliphatic carbocycles. The summed E-state index contributed by atoms with van der Waals surface area (Å²) in [4.78, 5) is 2.28. The zero-order valence-corrected chi connectivity index (χ0v) is 12.7. The lowest BCUT2D eigenvalue weighted by Gasteiger charge is -2.33. The first-order valence-corrected chi connectivity index (χ1v) is 7.20. The van der Waals surface area contributed by atoms with Crippen LogP contribution in [0.5, 0.6) is 0 Å². The molecule has 4 nitrogen and oxygen atoms in total. The minimum atomic E-state index is 0.418. The highest BCUT2D eigenvalue weighted by Crippen LogP contribution is 2.25. The maximum atomic E-state index is 9.39. The van der Waals surface area contributed by atoms with Crippen molar-refractivity contribution in [2.24, 2.45) is 5.73 Å². The first-order chi connectivity index (χ1) is 9.71. The molecule has 0 heterocycles. The molecular formula is C16H25N3O. The highest BCUT2D eigenvalue weighted by Gasteiger charge is 2.18. The number of ether oxygens (including phenoxy) is 1. The Labute approximate surface area is 122 Å².